The van der Waals surface area contributed by atoms with Crippen LogP contribution in [0.5, 0.6) is 0 Å². The molecule has 5 nitrogen and oxygen atoms in total. The van der Waals surface area contributed by atoms with Gasteiger partial charge in [-0.15, -0.1) is 0 Å². The van der Waals surface area contributed by atoms with Gasteiger partial charge in [0.25, 0.3) is 5.91 Å². The molecular formula is C21H21NO4. The van der Waals surface area contributed by atoms with Crippen LogP contribution in [0.1, 0.15) is 18.1 Å². The first-order chi connectivity index (χ1) is 12.6. The summed E-state index contributed by atoms with van der Waals surface area (Å²) in [6.45, 7) is 1.78. The number of ether oxygens (including phenoxy) is 2. The van der Waals surface area contributed by atoms with Crippen LogP contribution in [0.2, 0.25) is 0 Å². The van der Waals surface area contributed by atoms with Crippen LogP contribution in [0.4, 0.5) is 4.79 Å². The van der Waals surface area contributed by atoms with Crippen LogP contribution in [0.15, 0.2) is 72.0 Å². The highest BCUT2D eigenvalue weighted by Gasteiger charge is 2.43. The molecule has 2 aromatic carbocycles. The van der Waals surface area contributed by atoms with Gasteiger partial charge in [0.05, 0.1) is 12.7 Å². The number of benzene rings is 2. The molecule has 0 fully saturated rings. The summed E-state index contributed by atoms with van der Waals surface area (Å²) in [5, 5.41) is 0. The Balaban J connectivity index is 1.78. The number of carbonyl (C=O) groups excluding carboxylic acids is 2. The fourth-order valence-electron chi connectivity index (χ4n) is 3.10. The van der Waals surface area contributed by atoms with E-state index < -0.39 is 12.1 Å². The number of nitrogens with zero attached hydrogens (tertiary/aromatic N) is 1. The predicted molar refractivity (Wildman–Crippen MR) is 97.1 cm³/mol. The van der Waals surface area contributed by atoms with E-state index in [2.05, 4.69) is 0 Å². The van der Waals surface area contributed by atoms with Gasteiger partial charge in [0.1, 0.15) is 18.4 Å². The second kappa shape index (κ2) is 7.87. The summed E-state index contributed by atoms with van der Waals surface area (Å²) in [6, 6.07) is 18.6. The van der Waals surface area contributed by atoms with Crippen molar-refractivity contribution in [3.8, 4) is 0 Å². The second-order valence-corrected chi connectivity index (χ2v) is 6.11. The number of imide groups is 1. The molecule has 0 bridgehead atoms. The zero-order valence-electron chi connectivity index (χ0n) is 14.8. The molecule has 1 aliphatic heterocycles. The van der Waals surface area contributed by atoms with Gasteiger partial charge in [-0.05, 0) is 18.1 Å². The Labute approximate surface area is 152 Å². The van der Waals surface area contributed by atoms with Gasteiger partial charge in [-0.2, -0.15) is 0 Å². The van der Waals surface area contributed by atoms with Gasteiger partial charge in [-0.3, -0.25) is 4.79 Å². The third-order valence-electron chi connectivity index (χ3n) is 4.42. The minimum absolute atomic E-state index is 0.114. The molecule has 1 aliphatic rings. The molecule has 0 spiro atoms. The molecule has 0 aliphatic carbocycles. The van der Waals surface area contributed by atoms with Crippen molar-refractivity contribution in [2.24, 2.45) is 0 Å². The fraction of sp³-hybridized carbons (Fsp3) is 0.238. The van der Waals surface area contributed by atoms with Gasteiger partial charge in [0, 0.05) is 6.42 Å². The topological polar surface area (TPSA) is 55.8 Å². The first kappa shape index (κ1) is 17.7. The first-order valence-electron chi connectivity index (χ1n) is 8.44. The monoisotopic (exact) mass is 351 g/mol. The van der Waals surface area contributed by atoms with Crippen molar-refractivity contribution in [3.05, 3.63) is 83.1 Å². The summed E-state index contributed by atoms with van der Waals surface area (Å²) >= 11 is 0. The van der Waals surface area contributed by atoms with Crippen molar-refractivity contribution >= 4 is 12.0 Å². The quantitative estimate of drug-likeness (QED) is 0.824. The van der Waals surface area contributed by atoms with Crippen molar-refractivity contribution in [3.63, 3.8) is 0 Å². The number of hydrogen-bond donors (Lipinski definition) is 0. The Morgan fingerprint density at radius 2 is 1.58 bits per heavy atom. The van der Waals surface area contributed by atoms with Crippen molar-refractivity contribution in [1.29, 1.82) is 0 Å². The van der Waals surface area contributed by atoms with Crippen LogP contribution in [-0.4, -0.2) is 30.1 Å². The highest BCUT2D eigenvalue weighted by Crippen LogP contribution is 2.29. The average Bonchev–Trinajstić information content (AvgIpc) is 2.91. The molecule has 3 rings (SSSR count). The number of rotatable bonds is 5. The van der Waals surface area contributed by atoms with E-state index in [-0.39, 0.29) is 12.5 Å². The van der Waals surface area contributed by atoms with E-state index >= 15 is 0 Å². The van der Waals surface area contributed by atoms with Gasteiger partial charge in [0.2, 0.25) is 0 Å². The molecule has 2 aromatic rings. The molecule has 2 amide bonds. The second-order valence-electron chi connectivity index (χ2n) is 6.11. The summed E-state index contributed by atoms with van der Waals surface area (Å²) in [5.74, 6) is 0.136. The van der Waals surface area contributed by atoms with Crippen molar-refractivity contribution in [2.75, 3.05) is 7.11 Å². The van der Waals surface area contributed by atoms with E-state index in [9.17, 15) is 9.59 Å². The van der Waals surface area contributed by atoms with Crippen LogP contribution in [0.3, 0.4) is 0 Å². The third kappa shape index (κ3) is 3.61. The Kier molecular flexibility index (Phi) is 5.37. The van der Waals surface area contributed by atoms with Crippen LogP contribution < -0.4 is 0 Å². The van der Waals surface area contributed by atoms with Gasteiger partial charge in [-0.1, -0.05) is 60.7 Å². The zero-order valence-corrected chi connectivity index (χ0v) is 14.8. The van der Waals surface area contributed by atoms with Crippen molar-refractivity contribution in [2.45, 2.75) is 26.0 Å². The molecule has 0 saturated carbocycles. The molecule has 26 heavy (non-hydrogen) atoms. The van der Waals surface area contributed by atoms with Crippen LogP contribution in [0, 0.1) is 0 Å². The summed E-state index contributed by atoms with van der Waals surface area (Å²) in [6.07, 6.45) is -0.181. The molecule has 0 aromatic heterocycles. The molecule has 1 atom stereocenters. The minimum Gasteiger partial charge on any atom is -0.498 e. The summed E-state index contributed by atoms with van der Waals surface area (Å²) < 4.78 is 10.8. The highest BCUT2D eigenvalue weighted by atomic mass is 16.6. The van der Waals surface area contributed by atoms with Gasteiger partial charge in [-0.25, -0.2) is 9.69 Å². The maximum Gasteiger partial charge on any atom is 0.417 e. The Morgan fingerprint density at radius 3 is 2.15 bits per heavy atom. The maximum absolute atomic E-state index is 12.6. The van der Waals surface area contributed by atoms with Gasteiger partial charge >= 0.3 is 6.09 Å². The van der Waals surface area contributed by atoms with E-state index in [1.54, 1.807) is 6.92 Å². The SMILES string of the molecule is COC1=C(C)C(=O)N(C(=O)OCc2ccccc2)[C@H]1Cc1ccccc1. The average molecular weight is 351 g/mol. The first-order valence-corrected chi connectivity index (χ1v) is 8.44. The maximum atomic E-state index is 12.6. The number of hydrogen-bond acceptors (Lipinski definition) is 4. The lowest BCUT2D eigenvalue weighted by molar-refractivity contribution is -0.125. The van der Waals surface area contributed by atoms with Crippen LogP contribution >= 0.6 is 0 Å². The standard InChI is InChI=1S/C21H21NO4/c1-15-19(25-2)18(13-16-9-5-3-6-10-16)22(20(15)23)21(24)26-14-17-11-7-4-8-12-17/h3-12,18H,13-14H2,1-2H3/t18-/m0/s1. The fourth-order valence-corrected chi connectivity index (χ4v) is 3.10. The summed E-state index contributed by atoms with van der Waals surface area (Å²) in [4.78, 5) is 26.4. The zero-order chi connectivity index (χ0) is 18.5. The lowest BCUT2D eigenvalue weighted by atomic mass is 10.0. The molecule has 134 valence electrons. The van der Waals surface area contributed by atoms with E-state index in [1.165, 1.54) is 7.11 Å². The third-order valence-corrected chi connectivity index (χ3v) is 4.42. The highest BCUT2D eigenvalue weighted by molar-refractivity contribution is 6.05. The van der Waals surface area contributed by atoms with E-state index in [1.807, 2.05) is 60.7 Å². The molecular weight excluding hydrogens is 330 g/mol. The minimum atomic E-state index is -0.661. The van der Waals surface area contributed by atoms with Crippen LogP contribution in [0.25, 0.3) is 0 Å². The summed E-state index contributed by atoms with van der Waals surface area (Å²) in [7, 11) is 1.52. The number of methoxy groups -OCH3 is 1. The van der Waals surface area contributed by atoms with Crippen LogP contribution in [-0.2, 0) is 27.3 Å². The molecule has 0 saturated heterocycles. The normalized spacial score (nSPS) is 16.8. The van der Waals surface area contributed by atoms with E-state index in [0.29, 0.717) is 17.8 Å². The molecule has 0 unspecified atom stereocenters. The van der Waals surface area contributed by atoms with Gasteiger partial charge in [0.15, 0.2) is 0 Å². The van der Waals surface area contributed by atoms with E-state index in [4.69, 9.17) is 9.47 Å². The smallest absolute Gasteiger partial charge is 0.417 e. The predicted octanol–water partition coefficient (Wildman–Crippen LogP) is 3.70. The van der Waals surface area contributed by atoms with E-state index in [0.717, 1.165) is 16.0 Å². The molecule has 5 heteroatoms. The largest absolute Gasteiger partial charge is 0.498 e. The van der Waals surface area contributed by atoms with Crippen molar-refractivity contribution < 1.29 is 19.1 Å². The van der Waals surface area contributed by atoms with Gasteiger partial charge < -0.3 is 9.47 Å². The Bertz CT molecular complexity index is 814. The summed E-state index contributed by atoms with van der Waals surface area (Å²) in [5.41, 5.74) is 2.31. The lowest BCUT2D eigenvalue weighted by Crippen LogP contribution is -2.42. The Hall–Kier alpha value is -3.08. The Morgan fingerprint density at radius 1 is 1.00 bits per heavy atom. The lowest BCUT2D eigenvalue weighted by Gasteiger charge is -2.24. The molecule has 1 heterocycles. The molecule has 0 N–H and O–H groups in total. The molecule has 0 radical (unpaired) electrons. The number of amides is 2. The van der Waals surface area contributed by atoms with Crippen molar-refractivity contribution in [1.82, 2.24) is 4.90 Å². The number of carbonyl (C=O) groups is 2.